The van der Waals surface area contributed by atoms with Gasteiger partial charge in [-0.15, -0.1) is 11.3 Å². The van der Waals surface area contributed by atoms with Crippen molar-refractivity contribution in [1.29, 1.82) is 0 Å². The molecule has 2 nitrogen and oxygen atoms in total. The molecule has 0 spiro atoms. The molecule has 0 radical (unpaired) electrons. The van der Waals surface area contributed by atoms with Crippen LogP contribution in [-0.4, -0.2) is 24.6 Å². The lowest BCUT2D eigenvalue weighted by atomic mass is 10.5. The molecule has 72 valence electrons. The lowest BCUT2D eigenvalue weighted by molar-refractivity contribution is 0.0536. The smallest absolute Gasteiger partial charge is 0.348 e. The first-order valence-electron chi connectivity index (χ1n) is 3.65. The molecule has 5 heteroatoms. The summed E-state index contributed by atoms with van der Waals surface area (Å²) >= 11 is 6.34. The summed E-state index contributed by atoms with van der Waals surface area (Å²) in [7, 11) is 0. The maximum Gasteiger partial charge on any atom is 0.348 e. The minimum Gasteiger partial charge on any atom is -0.461 e. The SMILES string of the molecule is CSCCOC(=O)c1ccc(Br)s1. The van der Waals surface area contributed by atoms with E-state index in [-0.39, 0.29) is 5.97 Å². The Morgan fingerprint density at radius 1 is 1.69 bits per heavy atom. The third-order valence-corrected chi connectivity index (χ3v) is 3.47. The Hall–Kier alpha value is -0.0000000000000000833. The molecule has 0 aliphatic carbocycles. The Labute approximate surface area is 93.8 Å². The average Bonchev–Trinajstić information content (AvgIpc) is 2.52. The van der Waals surface area contributed by atoms with Gasteiger partial charge in [0.15, 0.2) is 0 Å². The predicted molar refractivity (Wildman–Crippen MR) is 60.7 cm³/mol. The second kappa shape index (κ2) is 5.67. The summed E-state index contributed by atoms with van der Waals surface area (Å²) in [5.74, 6) is 0.614. The van der Waals surface area contributed by atoms with Crippen LogP contribution in [-0.2, 0) is 4.74 Å². The van der Waals surface area contributed by atoms with Gasteiger partial charge in [-0.05, 0) is 34.3 Å². The number of ether oxygens (including phenoxy) is 1. The van der Waals surface area contributed by atoms with Crippen LogP contribution in [0.4, 0.5) is 0 Å². The minimum absolute atomic E-state index is 0.232. The standard InChI is InChI=1S/C8H9BrO2S2/c1-12-5-4-11-8(10)6-2-3-7(9)13-6/h2-3H,4-5H2,1H3. The van der Waals surface area contributed by atoms with Crippen molar-refractivity contribution in [1.82, 2.24) is 0 Å². The highest BCUT2D eigenvalue weighted by atomic mass is 79.9. The number of thioether (sulfide) groups is 1. The summed E-state index contributed by atoms with van der Waals surface area (Å²) in [6.07, 6.45) is 1.98. The number of halogens is 1. The molecule has 0 bridgehead atoms. The van der Waals surface area contributed by atoms with Gasteiger partial charge >= 0.3 is 5.97 Å². The molecule has 0 aromatic carbocycles. The van der Waals surface area contributed by atoms with Crippen LogP contribution in [0.15, 0.2) is 15.9 Å². The van der Waals surface area contributed by atoms with Gasteiger partial charge in [-0.1, -0.05) is 0 Å². The first kappa shape index (κ1) is 11.1. The van der Waals surface area contributed by atoms with E-state index in [4.69, 9.17) is 4.74 Å². The molecule has 0 aliphatic rings. The van der Waals surface area contributed by atoms with Gasteiger partial charge in [0.05, 0.1) is 3.79 Å². The van der Waals surface area contributed by atoms with Crippen LogP contribution in [0.1, 0.15) is 9.67 Å². The van der Waals surface area contributed by atoms with E-state index in [0.717, 1.165) is 9.54 Å². The van der Waals surface area contributed by atoms with Crippen molar-refractivity contribution in [3.8, 4) is 0 Å². The lowest BCUT2D eigenvalue weighted by Crippen LogP contribution is -2.05. The Kier molecular flexibility index (Phi) is 4.83. The summed E-state index contributed by atoms with van der Waals surface area (Å²) in [5.41, 5.74) is 0. The molecule has 0 amide bonds. The van der Waals surface area contributed by atoms with Gasteiger partial charge < -0.3 is 4.74 Å². The summed E-state index contributed by atoms with van der Waals surface area (Å²) < 4.78 is 5.96. The molecular formula is C8H9BrO2S2. The molecule has 1 rings (SSSR count). The van der Waals surface area contributed by atoms with Crippen molar-refractivity contribution in [3.63, 3.8) is 0 Å². The van der Waals surface area contributed by atoms with E-state index in [9.17, 15) is 4.79 Å². The Bertz CT molecular complexity index is 285. The number of esters is 1. The Morgan fingerprint density at radius 2 is 2.46 bits per heavy atom. The zero-order valence-electron chi connectivity index (χ0n) is 7.08. The lowest BCUT2D eigenvalue weighted by Gasteiger charge is -2.00. The highest BCUT2D eigenvalue weighted by molar-refractivity contribution is 9.11. The molecule has 0 N–H and O–H groups in total. The predicted octanol–water partition coefficient (Wildman–Crippen LogP) is 3.03. The molecule has 0 atom stereocenters. The monoisotopic (exact) mass is 280 g/mol. The van der Waals surface area contributed by atoms with E-state index in [1.54, 1.807) is 17.8 Å². The zero-order valence-corrected chi connectivity index (χ0v) is 10.3. The fourth-order valence-corrected chi connectivity index (χ4v) is 2.24. The van der Waals surface area contributed by atoms with E-state index in [1.165, 1.54) is 11.3 Å². The fraction of sp³-hybridized carbons (Fsp3) is 0.375. The molecule has 0 aliphatic heterocycles. The number of hydrogen-bond acceptors (Lipinski definition) is 4. The molecule has 1 heterocycles. The van der Waals surface area contributed by atoms with Crippen LogP contribution in [0.3, 0.4) is 0 Å². The third-order valence-electron chi connectivity index (χ3n) is 1.29. The maximum atomic E-state index is 11.3. The van der Waals surface area contributed by atoms with Crippen molar-refractivity contribution < 1.29 is 9.53 Å². The first-order valence-corrected chi connectivity index (χ1v) is 6.66. The first-order chi connectivity index (χ1) is 6.24. The molecule has 0 unspecified atom stereocenters. The van der Waals surface area contributed by atoms with Crippen LogP contribution >= 0.6 is 39.0 Å². The highest BCUT2D eigenvalue weighted by Crippen LogP contribution is 2.22. The van der Waals surface area contributed by atoms with Gasteiger partial charge in [0, 0.05) is 5.75 Å². The largest absolute Gasteiger partial charge is 0.461 e. The zero-order chi connectivity index (χ0) is 9.68. The van der Waals surface area contributed by atoms with Gasteiger partial charge in [0.2, 0.25) is 0 Å². The van der Waals surface area contributed by atoms with E-state index in [1.807, 2.05) is 12.3 Å². The summed E-state index contributed by atoms with van der Waals surface area (Å²) in [6, 6.07) is 3.60. The maximum absolute atomic E-state index is 11.3. The van der Waals surface area contributed by atoms with E-state index in [0.29, 0.717) is 11.5 Å². The molecule has 0 fully saturated rings. The topological polar surface area (TPSA) is 26.3 Å². The Balaban J connectivity index is 2.40. The van der Waals surface area contributed by atoms with E-state index < -0.39 is 0 Å². The summed E-state index contributed by atoms with van der Waals surface area (Å²) in [4.78, 5) is 11.9. The summed E-state index contributed by atoms with van der Waals surface area (Å²) in [5, 5.41) is 0. The normalized spacial score (nSPS) is 10.0. The van der Waals surface area contributed by atoms with E-state index in [2.05, 4.69) is 15.9 Å². The van der Waals surface area contributed by atoms with Crippen molar-refractivity contribution >= 4 is 45.0 Å². The molecular weight excluding hydrogens is 272 g/mol. The van der Waals surface area contributed by atoms with Gasteiger partial charge in [-0.25, -0.2) is 4.79 Å². The van der Waals surface area contributed by atoms with Crippen molar-refractivity contribution in [2.45, 2.75) is 0 Å². The van der Waals surface area contributed by atoms with Gasteiger partial charge in [-0.3, -0.25) is 0 Å². The molecule has 0 saturated heterocycles. The van der Waals surface area contributed by atoms with Crippen LogP contribution in [0, 0.1) is 0 Å². The fourth-order valence-electron chi connectivity index (χ4n) is 0.713. The third kappa shape index (κ3) is 3.70. The number of hydrogen-bond donors (Lipinski definition) is 0. The van der Waals surface area contributed by atoms with Gasteiger partial charge in [0.1, 0.15) is 11.5 Å². The highest BCUT2D eigenvalue weighted by Gasteiger charge is 2.08. The van der Waals surface area contributed by atoms with Crippen LogP contribution in [0.2, 0.25) is 0 Å². The number of thiophene rings is 1. The van der Waals surface area contributed by atoms with Crippen LogP contribution < -0.4 is 0 Å². The van der Waals surface area contributed by atoms with Crippen LogP contribution in [0.5, 0.6) is 0 Å². The molecule has 1 aromatic heterocycles. The quantitative estimate of drug-likeness (QED) is 0.627. The second-order valence-corrected chi connectivity index (χ2v) is 5.68. The number of carbonyl (C=O) groups excluding carboxylic acids is 1. The average molecular weight is 281 g/mol. The number of rotatable bonds is 4. The van der Waals surface area contributed by atoms with Crippen LogP contribution in [0.25, 0.3) is 0 Å². The molecule has 1 aromatic rings. The van der Waals surface area contributed by atoms with Crippen molar-refractivity contribution in [2.75, 3.05) is 18.6 Å². The second-order valence-electron chi connectivity index (χ2n) is 2.23. The minimum atomic E-state index is -0.232. The Morgan fingerprint density at radius 3 is 3.00 bits per heavy atom. The van der Waals surface area contributed by atoms with E-state index >= 15 is 0 Å². The molecule has 13 heavy (non-hydrogen) atoms. The van der Waals surface area contributed by atoms with Gasteiger partial charge in [0.25, 0.3) is 0 Å². The molecule has 0 saturated carbocycles. The van der Waals surface area contributed by atoms with Crippen molar-refractivity contribution in [2.24, 2.45) is 0 Å². The number of carbonyl (C=O) groups is 1. The van der Waals surface area contributed by atoms with Gasteiger partial charge in [-0.2, -0.15) is 11.8 Å². The van der Waals surface area contributed by atoms with Crippen molar-refractivity contribution in [3.05, 3.63) is 20.8 Å². The summed E-state index contributed by atoms with van der Waals surface area (Å²) in [6.45, 7) is 0.482.